The Balaban J connectivity index is 1.78. The number of hydrogen-bond acceptors (Lipinski definition) is 4. The largest absolute Gasteiger partial charge is 0.323 e. The van der Waals surface area contributed by atoms with Crippen molar-refractivity contribution >= 4 is 27.7 Å². The van der Waals surface area contributed by atoms with Crippen molar-refractivity contribution in [2.75, 3.05) is 31.1 Å². The lowest BCUT2D eigenvalue weighted by Gasteiger charge is -2.43. The van der Waals surface area contributed by atoms with Crippen LogP contribution in [0.4, 0.5) is 4.39 Å². The molecule has 0 radical (unpaired) electrons. The van der Waals surface area contributed by atoms with Crippen LogP contribution in [0, 0.1) is 5.82 Å². The van der Waals surface area contributed by atoms with Crippen molar-refractivity contribution in [1.82, 2.24) is 9.21 Å². The van der Waals surface area contributed by atoms with Crippen molar-refractivity contribution < 1.29 is 17.6 Å². The Morgan fingerprint density at radius 2 is 2.00 bits per heavy atom. The van der Waals surface area contributed by atoms with Crippen LogP contribution < -0.4 is 0 Å². The summed E-state index contributed by atoms with van der Waals surface area (Å²) in [6.07, 6.45) is 1.22. The molecule has 2 heterocycles. The van der Waals surface area contributed by atoms with E-state index in [1.54, 1.807) is 24.8 Å². The minimum absolute atomic E-state index is 0.0963. The van der Waals surface area contributed by atoms with E-state index in [-0.39, 0.29) is 16.5 Å². The number of nitrogens with zero attached hydrogens (tertiary/aromatic N) is 2. The number of hydrogen-bond donors (Lipinski definition) is 0. The maximum atomic E-state index is 13.4. The standard InChI is InChI=1S/C16H21FN2O3S2/c1-2-24(21,22)18-8-6-16(7-9-18)19(10-11-23-16)15(20)13-4-3-5-14(17)12-13/h3-5,12H,2,6-11H2,1H3. The summed E-state index contributed by atoms with van der Waals surface area (Å²) in [6.45, 7) is 3.11. The topological polar surface area (TPSA) is 57.7 Å². The molecule has 1 aromatic rings. The SMILES string of the molecule is CCS(=O)(=O)N1CCC2(CC1)SCCN2C(=O)c1cccc(F)c1. The third kappa shape index (κ3) is 3.19. The zero-order valence-corrected chi connectivity index (χ0v) is 15.2. The van der Waals surface area contributed by atoms with Crippen LogP contribution >= 0.6 is 11.8 Å². The van der Waals surface area contributed by atoms with Gasteiger partial charge in [-0.1, -0.05) is 6.07 Å². The predicted molar refractivity (Wildman–Crippen MR) is 92.9 cm³/mol. The summed E-state index contributed by atoms with van der Waals surface area (Å²) >= 11 is 1.71. The second-order valence-corrected chi connectivity index (χ2v) is 9.78. The third-order valence-electron chi connectivity index (χ3n) is 4.76. The maximum absolute atomic E-state index is 13.4. The van der Waals surface area contributed by atoms with Crippen molar-refractivity contribution in [2.24, 2.45) is 0 Å². The van der Waals surface area contributed by atoms with Gasteiger partial charge in [0, 0.05) is 31.0 Å². The fourth-order valence-corrected chi connectivity index (χ4v) is 5.94. The van der Waals surface area contributed by atoms with Crippen molar-refractivity contribution in [3.63, 3.8) is 0 Å². The molecule has 1 amide bonds. The van der Waals surface area contributed by atoms with Crippen LogP contribution in [0.2, 0.25) is 0 Å². The molecule has 24 heavy (non-hydrogen) atoms. The fraction of sp³-hybridized carbons (Fsp3) is 0.562. The van der Waals surface area contributed by atoms with Crippen LogP contribution in [0.25, 0.3) is 0 Å². The molecular formula is C16H21FN2O3S2. The number of piperidine rings is 1. The smallest absolute Gasteiger partial charge is 0.255 e. The molecule has 0 aliphatic carbocycles. The Morgan fingerprint density at radius 3 is 2.62 bits per heavy atom. The summed E-state index contributed by atoms with van der Waals surface area (Å²) in [5.41, 5.74) is 0.348. The number of thioether (sulfide) groups is 1. The molecule has 0 saturated carbocycles. The molecule has 1 aromatic carbocycles. The van der Waals surface area contributed by atoms with Gasteiger partial charge in [0.25, 0.3) is 5.91 Å². The van der Waals surface area contributed by atoms with Crippen molar-refractivity contribution in [1.29, 1.82) is 0 Å². The van der Waals surface area contributed by atoms with Crippen LogP contribution in [-0.2, 0) is 10.0 Å². The second-order valence-electron chi connectivity index (χ2n) is 6.06. The van der Waals surface area contributed by atoms with Crippen LogP contribution in [0.3, 0.4) is 0 Å². The molecule has 2 saturated heterocycles. The molecule has 0 N–H and O–H groups in total. The van der Waals surface area contributed by atoms with E-state index in [0.29, 0.717) is 38.0 Å². The molecule has 2 fully saturated rings. The van der Waals surface area contributed by atoms with E-state index in [4.69, 9.17) is 0 Å². The van der Waals surface area contributed by atoms with Gasteiger partial charge in [0.2, 0.25) is 10.0 Å². The number of rotatable bonds is 3. The average Bonchev–Trinajstić information content (AvgIpc) is 2.97. The predicted octanol–water partition coefficient (Wildman–Crippen LogP) is 2.16. The lowest BCUT2D eigenvalue weighted by molar-refractivity contribution is 0.0605. The van der Waals surface area contributed by atoms with Gasteiger partial charge in [-0.15, -0.1) is 11.8 Å². The van der Waals surface area contributed by atoms with Gasteiger partial charge in [0.05, 0.1) is 10.6 Å². The highest BCUT2D eigenvalue weighted by Crippen LogP contribution is 2.44. The monoisotopic (exact) mass is 372 g/mol. The van der Waals surface area contributed by atoms with Crippen LogP contribution in [-0.4, -0.2) is 59.5 Å². The molecule has 5 nitrogen and oxygen atoms in total. The molecular weight excluding hydrogens is 351 g/mol. The van der Waals surface area contributed by atoms with Crippen molar-refractivity contribution in [3.8, 4) is 0 Å². The van der Waals surface area contributed by atoms with Gasteiger partial charge >= 0.3 is 0 Å². The third-order valence-corrected chi connectivity index (χ3v) is 8.19. The fourth-order valence-electron chi connectivity index (χ4n) is 3.38. The van der Waals surface area contributed by atoms with Gasteiger partial charge in [0.15, 0.2) is 0 Å². The highest BCUT2D eigenvalue weighted by atomic mass is 32.2. The summed E-state index contributed by atoms with van der Waals surface area (Å²) in [6, 6.07) is 5.74. The molecule has 0 bridgehead atoms. The first-order valence-corrected chi connectivity index (χ1v) is 10.7. The van der Waals surface area contributed by atoms with Gasteiger partial charge in [-0.2, -0.15) is 0 Å². The first kappa shape index (κ1) is 17.7. The van der Waals surface area contributed by atoms with E-state index in [1.807, 2.05) is 4.90 Å². The quantitative estimate of drug-likeness (QED) is 0.816. The molecule has 0 atom stereocenters. The van der Waals surface area contributed by atoms with Crippen molar-refractivity contribution in [3.05, 3.63) is 35.6 Å². The lowest BCUT2D eigenvalue weighted by atomic mass is 10.0. The minimum atomic E-state index is -3.19. The first-order chi connectivity index (χ1) is 11.4. The van der Waals surface area contributed by atoms with E-state index >= 15 is 0 Å². The Morgan fingerprint density at radius 1 is 1.29 bits per heavy atom. The Hall–Kier alpha value is -1.12. The summed E-state index contributed by atoms with van der Waals surface area (Å²) in [5.74, 6) is 0.317. The number of benzene rings is 1. The zero-order valence-electron chi connectivity index (χ0n) is 13.6. The molecule has 2 aliphatic heterocycles. The van der Waals surface area contributed by atoms with Gasteiger partial charge in [-0.25, -0.2) is 17.1 Å². The highest BCUT2D eigenvalue weighted by Gasteiger charge is 2.47. The number of carbonyl (C=O) groups excluding carboxylic acids is 1. The van der Waals surface area contributed by atoms with Crippen LogP contribution in [0.15, 0.2) is 24.3 Å². The van der Waals surface area contributed by atoms with Gasteiger partial charge < -0.3 is 4.90 Å². The number of amides is 1. The summed E-state index contributed by atoms with van der Waals surface area (Å²) < 4.78 is 39.0. The van der Waals surface area contributed by atoms with E-state index in [9.17, 15) is 17.6 Å². The van der Waals surface area contributed by atoms with Gasteiger partial charge in [-0.3, -0.25) is 4.79 Å². The molecule has 132 valence electrons. The average molecular weight is 372 g/mol. The van der Waals surface area contributed by atoms with E-state index < -0.39 is 15.8 Å². The maximum Gasteiger partial charge on any atom is 0.255 e. The Kier molecular flexibility index (Phi) is 4.90. The molecule has 0 aromatic heterocycles. The van der Waals surface area contributed by atoms with E-state index in [2.05, 4.69) is 0 Å². The van der Waals surface area contributed by atoms with Crippen LogP contribution in [0.5, 0.6) is 0 Å². The first-order valence-electron chi connectivity index (χ1n) is 8.07. The highest BCUT2D eigenvalue weighted by molar-refractivity contribution is 8.00. The summed E-state index contributed by atoms with van der Waals surface area (Å²) in [7, 11) is -3.19. The van der Waals surface area contributed by atoms with Gasteiger partial charge in [0.1, 0.15) is 5.82 Å². The molecule has 0 unspecified atom stereocenters. The summed E-state index contributed by atoms with van der Waals surface area (Å²) in [4.78, 5) is 14.3. The zero-order chi connectivity index (χ0) is 17.4. The van der Waals surface area contributed by atoms with E-state index in [0.717, 1.165) is 5.75 Å². The molecule has 1 spiro atoms. The molecule has 8 heteroatoms. The molecule has 2 aliphatic rings. The van der Waals surface area contributed by atoms with Crippen LogP contribution in [0.1, 0.15) is 30.1 Å². The number of sulfonamides is 1. The number of carbonyl (C=O) groups is 1. The van der Waals surface area contributed by atoms with Crippen molar-refractivity contribution in [2.45, 2.75) is 24.6 Å². The second kappa shape index (κ2) is 6.65. The Labute approximate surface area is 146 Å². The Bertz CT molecular complexity index is 731. The van der Waals surface area contributed by atoms with Gasteiger partial charge in [-0.05, 0) is 38.0 Å². The minimum Gasteiger partial charge on any atom is -0.323 e. The van der Waals surface area contributed by atoms with E-state index in [1.165, 1.54) is 22.5 Å². The lowest BCUT2D eigenvalue weighted by Crippen LogP contribution is -2.53. The summed E-state index contributed by atoms with van der Waals surface area (Å²) in [5, 5.41) is 0. The number of halogens is 1. The molecule has 3 rings (SSSR count). The normalized spacial score (nSPS) is 21.3.